The number of halogens is 1. The van der Waals surface area contributed by atoms with Gasteiger partial charge in [-0.2, -0.15) is 0 Å². The summed E-state index contributed by atoms with van der Waals surface area (Å²) >= 11 is 5.78. The van der Waals surface area contributed by atoms with Crippen LogP contribution >= 0.6 is 11.6 Å². The Morgan fingerprint density at radius 1 is 1.42 bits per heavy atom. The highest BCUT2D eigenvalue weighted by Gasteiger charge is 2.04. The summed E-state index contributed by atoms with van der Waals surface area (Å²) in [5, 5.41) is 10.4. The van der Waals surface area contributed by atoms with Crippen LogP contribution in [0.1, 0.15) is 5.56 Å². The number of benzene rings is 1. The number of hydrogen-bond acceptors (Lipinski definition) is 2. The van der Waals surface area contributed by atoms with Crippen LogP contribution in [0.4, 0.5) is 0 Å². The largest absolute Gasteiger partial charge is 0.464 e. The van der Waals surface area contributed by atoms with Crippen LogP contribution < -0.4 is 0 Å². The van der Waals surface area contributed by atoms with Crippen LogP contribution in [0.5, 0.6) is 0 Å². The molecule has 1 N–H and O–H groups in total. The topological polar surface area (TPSA) is 33.4 Å². The molecule has 0 amide bonds. The monoisotopic (exact) mass is 182 g/mol. The molecule has 0 saturated heterocycles. The Morgan fingerprint density at radius 2 is 2.25 bits per heavy atom. The molecule has 2 rings (SSSR count). The van der Waals surface area contributed by atoms with Gasteiger partial charge in [0.2, 0.25) is 0 Å². The van der Waals surface area contributed by atoms with Crippen LogP contribution in [-0.4, -0.2) is 5.11 Å². The van der Waals surface area contributed by atoms with Gasteiger partial charge in [-0.3, -0.25) is 0 Å². The lowest BCUT2D eigenvalue weighted by atomic mass is 10.2. The van der Waals surface area contributed by atoms with Gasteiger partial charge in [0.25, 0.3) is 0 Å². The van der Waals surface area contributed by atoms with E-state index in [1.165, 1.54) is 0 Å². The first-order chi connectivity index (χ1) is 5.81. The number of fused-ring (bicyclic) bond motifs is 1. The third kappa shape index (κ3) is 1.09. The Bertz CT molecular complexity index is 406. The van der Waals surface area contributed by atoms with E-state index in [4.69, 9.17) is 21.1 Å². The third-order valence-electron chi connectivity index (χ3n) is 1.79. The van der Waals surface area contributed by atoms with Crippen LogP contribution in [0.3, 0.4) is 0 Å². The van der Waals surface area contributed by atoms with Crippen LogP contribution in [0, 0.1) is 0 Å². The first-order valence-corrected chi connectivity index (χ1v) is 3.95. The summed E-state index contributed by atoms with van der Waals surface area (Å²) in [5.74, 6) is 0. The summed E-state index contributed by atoms with van der Waals surface area (Å²) in [4.78, 5) is 0. The maximum atomic E-state index is 8.91. The Kier molecular flexibility index (Phi) is 1.79. The Balaban J connectivity index is 2.75. The Hall–Kier alpha value is -0.990. The zero-order valence-corrected chi connectivity index (χ0v) is 7.01. The lowest BCUT2D eigenvalue weighted by Crippen LogP contribution is -1.77. The molecule has 1 aromatic carbocycles. The van der Waals surface area contributed by atoms with Gasteiger partial charge < -0.3 is 9.52 Å². The zero-order chi connectivity index (χ0) is 8.55. The number of aliphatic hydroxyl groups excluding tert-OH is 1. The van der Waals surface area contributed by atoms with E-state index in [0.717, 1.165) is 16.5 Å². The summed E-state index contributed by atoms with van der Waals surface area (Å²) in [7, 11) is 0. The zero-order valence-electron chi connectivity index (χ0n) is 6.25. The van der Waals surface area contributed by atoms with Gasteiger partial charge in [0.15, 0.2) is 0 Å². The van der Waals surface area contributed by atoms with E-state index < -0.39 is 0 Å². The fourth-order valence-corrected chi connectivity index (χ4v) is 1.35. The van der Waals surface area contributed by atoms with E-state index in [0.29, 0.717) is 5.02 Å². The standard InChI is InChI=1S/C9H7ClO2/c10-7-1-2-9-8(3-7)6(4-11)5-12-9/h1-3,5,11H,4H2. The molecule has 1 aromatic heterocycles. The number of hydrogen-bond donors (Lipinski definition) is 1. The quantitative estimate of drug-likeness (QED) is 0.736. The van der Waals surface area contributed by atoms with Crippen molar-refractivity contribution in [2.24, 2.45) is 0 Å². The van der Waals surface area contributed by atoms with Crippen molar-refractivity contribution < 1.29 is 9.52 Å². The molecule has 0 fully saturated rings. The molecule has 1 heterocycles. The first-order valence-electron chi connectivity index (χ1n) is 3.58. The van der Waals surface area contributed by atoms with Gasteiger partial charge in [-0.25, -0.2) is 0 Å². The minimum Gasteiger partial charge on any atom is -0.464 e. The average Bonchev–Trinajstić information content (AvgIpc) is 2.46. The van der Waals surface area contributed by atoms with Crippen LogP contribution in [-0.2, 0) is 6.61 Å². The van der Waals surface area contributed by atoms with Gasteiger partial charge in [-0.15, -0.1) is 0 Å². The van der Waals surface area contributed by atoms with Gasteiger partial charge in [0.1, 0.15) is 5.58 Å². The van der Waals surface area contributed by atoms with E-state index in [2.05, 4.69) is 0 Å². The van der Waals surface area contributed by atoms with Crippen LogP contribution in [0.15, 0.2) is 28.9 Å². The average molecular weight is 183 g/mol. The molecule has 2 nitrogen and oxygen atoms in total. The molecule has 3 heteroatoms. The van der Waals surface area contributed by atoms with E-state index in [-0.39, 0.29) is 6.61 Å². The molecule has 0 saturated carbocycles. The van der Waals surface area contributed by atoms with Crippen molar-refractivity contribution in [2.75, 3.05) is 0 Å². The van der Waals surface area contributed by atoms with Gasteiger partial charge in [-0.05, 0) is 18.2 Å². The molecule has 0 atom stereocenters. The molecule has 0 unspecified atom stereocenters. The molecule has 62 valence electrons. The molecule has 0 aliphatic carbocycles. The first kappa shape index (κ1) is 7.65. The molecule has 0 aliphatic heterocycles. The van der Waals surface area contributed by atoms with Crippen molar-refractivity contribution in [3.8, 4) is 0 Å². The van der Waals surface area contributed by atoms with E-state index >= 15 is 0 Å². The number of furan rings is 1. The molecule has 0 bridgehead atoms. The van der Waals surface area contributed by atoms with Crippen molar-refractivity contribution in [3.05, 3.63) is 35.0 Å². The highest BCUT2D eigenvalue weighted by atomic mass is 35.5. The second-order valence-corrected chi connectivity index (χ2v) is 3.00. The van der Waals surface area contributed by atoms with Crippen molar-refractivity contribution in [3.63, 3.8) is 0 Å². The predicted molar refractivity (Wildman–Crippen MR) is 47.1 cm³/mol. The van der Waals surface area contributed by atoms with Crippen molar-refractivity contribution in [2.45, 2.75) is 6.61 Å². The molecule has 0 radical (unpaired) electrons. The van der Waals surface area contributed by atoms with E-state index in [1.807, 2.05) is 0 Å². The molecule has 2 aromatic rings. The Morgan fingerprint density at radius 3 is 3.00 bits per heavy atom. The van der Waals surface area contributed by atoms with Gasteiger partial charge in [0, 0.05) is 16.0 Å². The summed E-state index contributed by atoms with van der Waals surface area (Å²) in [5.41, 5.74) is 1.52. The highest BCUT2D eigenvalue weighted by Crippen LogP contribution is 2.24. The van der Waals surface area contributed by atoms with Crippen LogP contribution in [0.25, 0.3) is 11.0 Å². The van der Waals surface area contributed by atoms with Crippen molar-refractivity contribution in [1.82, 2.24) is 0 Å². The lowest BCUT2D eigenvalue weighted by molar-refractivity contribution is 0.282. The van der Waals surface area contributed by atoms with Gasteiger partial charge in [0.05, 0.1) is 12.9 Å². The van der Waals surface area contributed by atoms with Crippen LogP contribution in [0.2, 0.25) is 5.02 Å². The Labute approximate surface area is 74.4 Å². The summed E-state index contributed by atoms with van der Waals surface area (Å²) in [6.45, 7) is -0.0205. The summed E-state index contributed by atoms with van der Waals surface area (Å²) in [6, 6.07) is 5.33. The van der Waals surface area contributed by atoms with Crippen molar-refractivity contribution in [1.29, 1.82) is 0 Å². The smallest absolute Gasteiger partial charge is 0.134 e. The second kappa shape index (κ2) is 2.81. The minimum atomic E-state index is -0.0205. The predicted octanol–water partition coefficient (Wildman–Crippen LogP) is 2.58. The maximum absolute atomic E-state index is 8.91. The SMILES string of the molecule is OCc1coc2ccc(Cl)cc12. The number of rotatable bonds is 1. The third-order valence-corrected chi connectivity index (χ3v) is 2.02. The second-order valence-electron chi connectivity index (χ2n) is 2.56. The van der Waals surface area contributed by atoms with E-state index in [1.54, 1.807) is 24.5 Å². The summed E-state index contributed by atoms with van der Waals surface area (Å²) < 4.78 is 5.18. The van der Waals surface area contributed by atoms with E-state index in [9.17, 15) is 0 Å². The molecule has 0 aliphatic rings. The normalized spacial score (nSPS) is 10.8. The fraction of sp³-hybridized carbons (Fsp3) is 0.111. The maximum Gasteiger partial charge on any atom is 0.134 e. The summed E-state index contributed by atoms with van der Waals surface area (Å²) in [6.07, 6.45) is 1.54. The molecular weight excluding hydrogens is 176 g/mol. The minimum absolute atomic E-state index is 0.0205. The van der Waals surface area contributed by atoms with Crippen molar-refractivity contribution >= 4 is 22.6 Å². The van der Waals surface area contributed by atoms with Gasteiger partial charge >= 0.3 is 0 Å². The number of aliphatic hydroxyl groups is 1. The molecule has 0 spiro atoms. The molecular formula is C9H7ClO2. The fourth-order valence-electron chi connectivity index (χ4n) is 1.18. The highest BCUT2D eigenvalue weighted by molar-refractivity contribution is 6.31. The molecule has 12 heavy (non-hydrogen) atoms. The van der Waals surface area contributed by atoms with Gasteiger partial charge in [-0.1, -0.05) is 11.6 Å². The lowest BCUT2D eigenvalue weighted by Gasteiger charge is -1.91.